The van der Waals surface area contributed by atoms with E-state index in [9.17, 15) is 5.11 Å². The Bertz CT molecular complexity index is 962. The number of aromatic amines is 1. The normalized spacial score (nSPS) is 11.6. The van der Waals surface area contributed by atoms with Gasteiger partial charge in [0.05, 0.1) is 13.7 Å². The minimum absolute atomic E-state index is 0.217. The van der Waals surface area contributed by atoms with E-state index in [-0.39, 0.29) is 5.75 Å². The average Bonchev–Trinajstić information content (AvgIpc) is 3.11. The number of H-pyrrole nitrogens is 1. The fourth-order valence-corrected chi connectivity index (χ4v) is 3.21. The van der Waals surface area contributed by atoms with Crippen LogP contribution in [-0.4, -0.2) is 36.2 Å². The number of nitrogens with one attached hydrogen (secondary N) is 3. The van der Waals surface area contributed by atoms with Crippen molar-refractivity contribution < 1.29 is 9.84 Å². The van der Waals surface area contributed by atoms with Crippen molar-refractivity contribution in [2.24, 2.45) is 4.99 Å². The van der Waals surface area contributed by atoms with Crippen LogP contribution in [0.2, 0.25) is 0 Å². The molecule has 1 aromatic heterocycles. The van der Waals surface area contributed by atoms with Crippen LogP contribution in [0.4, 0.5) is 0 Å². The standard InChI is InChI=1S/C22H28N4O2/c1-4-23-22(26-14-17-12-18(28-3)8-9-20(17)27)24-11-10-16-13-25-21-15(2)6-5-7-19(16)21/h5-9,12-13,25,27H,4,10-11,14H2,1-3H3,(H2,23,24,26). The zero-order valence-corrected chi connectivity index (χ0v) is 16.7. The molecule has 1 heterocycles. The lowest BCUT2D eigenvalue weighted by molar-refractivity contribution is 0.411. The maximum absolute atomic E-state index is 10.0. The van der Waals surface area contributed by atoms with Gasteiger partial charge in [0, 0.05) is 35.8 Å². The Balaban J connectivity index is 1.64. The summed E-state index contributed by atoms with van der Waals surface area (Å²) >= 11 is 0. The molecule has 2 aromatic carbocycles. The number of fused-ring (bicyclic) bond motifs is 1. The molecule has 0 amide bonds. The number of ether oxygens (including phenoxy) is 1. The number of benzene rings is 2. The predicted molar refractivity (Wildman–Crippen MR) is 114 cm³/mol. The van der Waals surface area contributed by atoms with Crippen molar-refractivity contribution in [3.05, 3.63) is 59.3 Å². The second-order valence-corrected chi connectivity index (χ2v) is 6.68. The van der Waals surface area contributed by atoms with E-state index in [1.165, 1.54) is 22.0 Å². The van der Waals surface area contributed by atoms with Crippen LogP contribution in [0.15, 0.2) is 47.6 Å². The van der Waals surface area contributed by atoms with Crippen LogP contribution in [0.3, 0.4) is 0 Å². The predicted octanol–water partition coefficient (Wildman–Crippen LogP) is 3.49. The number of hydrogen-bond donors (Lipinski definition) is 4. The Morgan fingerprint density at radius 1 is 1.18 bits per heavy atom. The first-order valence-electron chi connectivity index (χ1n) is 9.56. The van der Waals surface area contributed by atoms with Gasteiger partial charge in [0.2, 0.25) is 0 Å². The first-order chi connectivity index (χ1) is 13.6. The van der Waals surface area contributed by atoms with Crippen molar-refractivity contribution in [1.29, 1.82) is 0 Å². The molecule has 0 aliphatic heterocycles. The number of nitrogens with zero attached hydrogens (tertiary/aromatic N) is 1. The minimum atomic E-state index is 0.217. The maximum atomic E-state index is 10.0. The Labute approximate surface area is 165 Å². The molecule has 4 N–H and O–H groups in total. The van der Waals surface area contributed by atoms with Gasteiger partial charge in [-0.15, -0.1) is 0 Å². The third kappa shape index (κ3) is 4.57. The molecular weight excluding hydrogens is 352 g/mol. The van der Waals surface area contributed by atoms with Crippen LogP contribution in [0, 0.1) is 6.92 Å². The van der Waals surface area contributed by atoms with E-state index in [0.717, 1.165) is 31.0 Å². The van der Waals surface area contributed by atoms with E-state index in [0.29, 0.717) is 12.3 Å². The molecule has 28 heavy (non-hydrogen) atoms. The number of aryl methyl sites for hydroxylation is 1. The molecule has 0 spiro atoms. The molecule has 3 aromatic rings. The highest BCUT2D eigenvalue weighted by molar-refractivity contribution is 5.86. The van der Waals surface area contributed by atoms with Crippen LogP contribution in [-0.2, 0) is 13.0 Å². The lowest BCUT2D eigenvalue weighted by atomic mass is 10.1. The summed E-state index contributed by atoms with van der Waals surface area (Å²) in [6.45, 7) is 6.04. The monoisotopic (exact) mass is 380 g/mol. The third-order valence-corrected chi connectivity index (χ3v) is 4.73. The maximum Gasteiger partial charge on any atom is 0.191 e. The minimum Gasteiger partial charge on any atom is -0.508 e. The quantitative estimate of drug-likeness (QED) is 0.374. The number of phenols is 1. The van der Waals surface area contributed by atoms with Gasteiger partial charge in [-0.2, -0.15) is 0 Å². The molecule has 0 fully saturated rings. The van der Waals surface area contributed by atoms with Crippen LogP contribution in [0.5, 0.6) is 11.5 Å². The number of aliphatic imine (C=N–C) groups is 1. The summed E-state index contributed by atoms with van der Waals surface area (Å²) in [6, 6.07) is 11.5. The number of methoxy groups -OCH3 is 1. The topological polar surface area (TPSA) is 81.7 Å². The van der Waals surface area contributed by atoms with Crippen molar-refractivity contribution in [2.75, 3.05) is 20.2 Å². The number of aromatic hydroxyl groups is 1. The van der Waals surface area contributed by atoms with Gasteiger partial charge in [-0.3, -0.25) is 0 Å². The van der Waals surface area contributed by atoms with E-state index in [2.05, 4.69) is 51.9 Å². The van der Waals surface area contributed by atoms with Gasteiger partial charge in [-0.05, 0) is 49.6 Å². The van der Waals surface area contributed by atoms with Gasteiger partial charge >= 0.3 is 0 Å². The van der Waals surface area contributed by atoms with E-state index in [1.54, 1.807) is 25.3 Å². The smallest absolute Gasteiger partial charge is 0.191 e. The summed E-state index contributed by atoms with van der Waals surface area (Å²) in [7, 11) is 1.61. The molecule has 0 saturated carbocycles. The molecule has 6 nitrogen and oxygen atoms in total. The van der Waals surface area contributed by atoms with Gasteiger partial charge in [0.15, 0.2) is 5.96 Å². The summed E-state index contributed by atoms with van der Waals surface area (Å²) in [5.74, 6) is 1.64. The van der Waals surface area contributed by atoms with Gasteiger partial charge in [0.25, 0.3) is 0 Å². The number of guanidine groups is 1. The second kappa shape index (κ2) is 9.17. The van der Waals surface area contributed by atoms with Gasteiger partial charge < -0.3 is 25.5 Å². The molecule has 0 atom stereocenters. The van der Waals surface area contributed by atoms with Crippen molar-refractivity contribution in [2.45, 2.75) is 26.8 Å². The fraction of sp³-hybridized carbons (Fsp3) is 0.318. The second-order valence-electron chi connectivity index (χ2n) is 6.68. The number of hydrogen-bond acceptors (Lipinski definition) is 3. The number of phenolic OH excluding ortho intramolecular Hbond substituents is 1. The lowest BCUT2D eigenvalue weighted by Gasteiger charge is -2.12. The van der Waals surface area contributed by atoms with Crippen molar-refractivity contribution >= 4 is 16.9 Å². The van der Waals surface area contributed by atoms with Gasteiger partial charge in [-0.25, -0.2) is 4.99 Å². The van der Waals surface area contributed by atoms with Crippen molar-refractivity contribution in [1.82, 2.24) is 15.6 Å². The molecule has 148 valence electrons. The van der Waals surface area contributed by atoms with Crippen molar-refractivity contribution in [3.63, 3.8) is 0 Å². The number of para-hydroxylation sites is 1. The molecule has 0 bridgehead atoms. The highest BCUT2D eigenvalue weighted by atomic mass is 16.5. The molecular formula is C22H28N4O2. The van der Waals surface area contributed by atoms with Crippen molar-refractivity contribution in [3.8, 4) is 11.5 Å². The Kier molecular flexibility index (Phi) is 6.42. The van der Waals surface area contributed by atoms with Crippen LogP contribution >= 0.6 is 0 Å². The van der Waals surface area contributed by atoms with Gasteiger partial charge in [0.1, 0.15) is 11.5 Å². The summed E-state index contributed by atoms with van der Waals surface area (Å²) in [6.07, 6.45) is 2.97. The summed E-state index contributed by atoms with van der Waals surface area (Å²) < 4.78 is 5.22. The zero-order valence-electron chi connectivity index (χ0n) is 16.7. The lowest BCUT2D eigenvalue weighted by Crippen LogP contribution is -2.38. The SMILES string of the molecule is CCNC(=NCc1cc(OC)ccc1O)NCCc1c[nH]c2c(C)cccc12. The van der Waals surface area contributed by atoms with Crippen LogP contribution in [0.1, 0.15) is 23.6 Å². The Hall–Kier alpha value is -3.15. The third-order valence-electron chi connectivity index (χ3n) is 4.73. The molecule has 0 aliphatic carbocycles. The summed E-state index contributed by atoms with van der Waals surface area (Å²) in [5.41, 5.74) is 4.47. The number of rotatable bonds is 7. The van der Waals surface area contributed by atoms with E-state index in [1.807, 2.05) is 6.92 Å². The first kappa shape index (κ1) is 19.6. The first-order valence-corrected chi connectivity index (χ1v) is 9.56. The average molecular weight is 380 g/mol. The molecule has 0 saturated heterocycles. The molecule has 0 unspecified atom stereocenters. The van der Waals surface area contributed by atoms with Crippen LogP contribution in [0.25, 0.3) is 10.9 Å². The highest BCUT2D eigenvalue weighted by Gasteiger charge is 2.07. The molecule has 3 rings (SSSR count). The zero-order chi connectivity index (χ0) is 19.9. The fourth-order valence-electron chi connectivity index (χ4n) is 3.21. The Morgan fingerprint density at radius 3 is 2.82 bits per heavy atom. The molecule has 6 heteroatoms. The molecule has 0 radical (unpaired) electrons. The summed E-state index contributed by atoms with van der Waals surface area (Å²) in [5, 5.41) is 17.9. The van der Waals surface area contributed by atoms with Crippen LogP contribution < -0.4 is 15.4 Å². The van der Waals surface area contributed by atoms with E-state index >= 15 is 0 Å². The highest BCUT2D eigenvalue weighted by Crippen LogP contribution is 2.23. The van der Waals surface area contributed by atoms with E-state index in [4.69, 9.17) is 4.74 Å². The van der Waals surface area contributed by atoms with Gasteiger partial charge in [-0.1, -0.05) is 18.2 Å². The largest absolute Gasteiger partial charge is 0.508 e. The number of aromatic nitrogens is 1. The van der Waals surface area contributed by atoms with E-state index < -0.39 is 0 Å². The summed E-state index contributed by atoms with van der Waals surface area (Å²) in [4.78, 5) is 7.96. The Morgan fingerprint density at radius 2 is 2.04 bits per heavy atom. The molecule has 0 aliphatic rings.